The predicted molar refractivity (Wildman–Crippen MR) is 101 cm³/mol. The van der Waals surface area contributed by atoms with Crippen LogP contribution in [-0.2, 0) is 11.2 Å². The maximum absolute atomic E-state index is 12.8. The minimum absolute atomic E-state index is 0.161. The molecule has 1 aromatic carbocycles. The van der Waals surface area contributed by atoms with Gasteiger partial charge in [0.1, 0.15) is 17.0 Å². The van der Waals surface area contributed by atoms with E-state index in [1.165, 1.54) is 6.33 Å². The smallest absolute Gasteiger partial charge is 0.310 e. The monoisotopic (exact) mass is 448 g/mol. The highest BCUT2D eigenvalue weighted by atomic mass is 32.5. The first-order valence-electron chi connectivity index (χ1n) is 8.92. The molecular formula is C17H17F5N6OS. The fourth-order valence-electron chi connectivity index (χ4n) is 3.22. The zero-order valence-electron chi connectivity index (χ0n) is 15.5. The Kier molecular flexibility index (Phi) is 4.24. The molecule has 7 nitrogen and oxygen atoms in total. The van der Waals surface area contributed by atoms with Crippen molar-refractivity contribution >= 4 is 27.6 Å². The summed E-state index contributed by atoms with van der Waals surface area (Å²) < 4.78 is 65.5. The minimum Gasteiger partial charge on any atom is -0.352 e. The molecule has 0 saturated carbocycles. The van der Waals surface area contributed by atoms with Gasteiger partial charge in [0.05, 0.1) is 6.42 Å². The third-order valence-corrected chi connectivity index (χ3v) is 5.99. The number of hydrogen-bond donors (Lipinski definition) is 0. The van der Waals surface area contributed by atoms with Crippen LogP contribution in [0.2, 0.25) is 0 Å². The molecule has 30 heavy (non-hydrogen) atoms. The number of anilines is 1. The maximum Gasteiger partial charge on any atom is 0.310 e. The van der Waals surface area contributed by atoms with Crippen molar-refractivity contribution in [3.8, 4) is 0 Å². The second-order valence-electron chi connectivity index (χ2n) is 6.98. The molecule has 0 atom stereocenters. The van der Waals surface area contributed by atoms with E-state index in [4.69, 9.17) is 0 Å². The van der Waals surface area contributed by atoms with E-state index in [9.17, 15) is 24.2 Å². The van der Waals surface area contributed by atoms with Crippen LogP contribution in [0.5, 0.6) is 0 Å². The molecule has 4 rings (SSSR count). The van der Waals surface area contributed by atoms with Crippen LogP contribution in [-0.4, -0.2) is 56.8 Å². The maximum atomic E-state index is 12.8. The van der Waals surface area contributed by atoms with Crippen LogP contribution in [0.1, 0.15) is 5.56 Å². The quantitative estimate of drug-likeness (QED) is 0.570. The second-order valence-corrected chi connectivity index (χ2v) is 9.39. The summed E-state index contributed by atoms with van der Waals surface area (Å²) in [5, 5.41) is 12.0. The summed E-state index contributed by atoms with van der Waals surface area (Å²) in [5.41, 5.74) is 0.858. The highest BCUT2D eigenvalue weighted by molar-refractivity contribution is 8.45. The molecule has 0 radical (unpaired) electrons. The number of carbonyl (C=O) groups is 1. The summed E-state index contributed by atoms with van der Waals surface area (Å²) in [4.78, 5) is 14.1. The van der Waals surface area contributed by atoms with Gasteiger partial charge in [-0.15, -0.1) is 15.3 Å². The van der Waals surface area contributed by atoms with Gasteiger partial charge in [-0.05, 0) is 29.8 Å². The molecular weight excluding hydrogens is 431 g/mol. The molecule has 162 valence electrons. The summed E-state index contributed by atoms with van der Waals surface area (Å²) in [7, 11) is -9.71. The summed E-state index contributed by atoms with van der Waals surface area (Å²) >= 11 is 0. The van der Waals surface area contributed by atoms with Gasteiger partial charge in [-0.25, -0.2) is 0 Å². The molecule has 3 aromatic rings. The lowest BCUT2D eigenvalue weighted by Crippen LogP contribution is -2.49. The largest absolute Gasteiger partial charge is 0.352 e. The fraction of sp³-hybridized carbons (Fsp3) is 0.294. The van der Waals surface area contributed by atoms with Crippen LogP contribution in [0.4, 0.5) is 25.2 Å². The second kappa shape index (κ2) is 6.27. The molecule has 13 heteroatoms. The van der Waals surface area contributed by atoms with E-state index in [-0.39, 0.29) is 17.9 Å². The number of amides is 1. The van der Waals surface area contributed by atoms with Gasteiger partial charge in [0.15, 0.2) is 5.65 Å². The van der Waals surface area contributed by atoms with Crippen molar-refractivity contribution in [1.82, 2.24) is 24.7 Å². The number of hydrogen-bond acceptors (Lipinski definition) is 5. The molecule has 1 aliphatic rings. The van der Waals surface area contributed by atoms with Crippen LogP contribution in [0.15, 0.2) is 47.6 Å². The number of fused-ring (bicyclic) bond motifs is 1. The predicted octanol–water partition coefficient (Wildman–Crippen LogP) is 3.67. The van der Waals surface area contributed by atoms with Gasteiger partial charge in [-0.3, -0.25) is 4.79 Å². The van der Waals surface area contributed by atoms with E-state index in [0.29, 0.717) is 49.8 Å². The van der Waals surface area contributed by atoms with E-state index in [0.717, 1.165) is 12.1 Å². The first-order chi connectivity index (χ1) is 13.9. The molecule has 0 spiro atoms. The van der Waals surface area contributed by atoms with Crippen LogP contribution in [0, 0.1) is 0 Å². The van der Waals surface area contributed by atoms with E-state index < -0.39 is 15.1 Å². The summed E-state index contributed by atoms with van der Waals surface area (Å²) in [5.74, 6) is 0.429. The lowest BCUT2D eigenvalue weighted by molar-refractivity contribution is -0.130. The fourth-order valence-corrected chi connectivity index (χ4v) is 3.87. The Morgan fingerprint density at radius 3 is 2.23 bits per heavy atom. The Bertz CT molecular complexity index is 1090. The average Bonchev–Trinajstić information content (AvgIpc) is 3.14. The minimum atomic E-state index is -9.71. The third-order valence-electron chi connectivity index (χ3n) is 4.83. The number of carbonyl (C=O) groups excluding carboxylic acids is 1. The molecule has 0 N–H and O–H groups in total. The van der Waals surface area contributed by atoms with Crippen molar-refractivity contribution in [2.75, 3.05) is 31.1 Å². The van der Waals surface area contributed by atoms with Gasteiger partial charge >= 0.3 is 10.2 Å². The molecule has 1 amide bonds. The molecule has 1 fully saturated rings. The highest BCUT2D eigenvalue weighted by Gasteiger charge is 2.65. The van der Waals surface area contributed by atoms with E-state index in [2.05, 4.69) is 15.3 Å². The summed E-state index contributed by atoms with van der Waals surface area (Å²) in [6.45, 7) is 1.86. The normalized spacial score (nSPS) is 17.6. The lowest BCUT2D eigenvalue weighted by atomic mass is 10.1. The van der Waals surface area contributed by atoms with E-state index in [1.54, 1.807) is 15.5 Å². The Labute approximate surface area is 167 Å². The molecule has 2 aromatic heterocycles. The Morgan fingerprint density at radius 2 is 1.60 bits per heavy atom. The molecule has 0 bridgehead atoms. The molecule has 0 aliphatic carbocycles. The van der Waals surface area contributed by atoms with Gasteiger partial charge in [0.2, 0.25) is 5.91 Å². The lowest BCUT2D eigenvalue weighted by Gasteiger charge is -2.40. The van der Waals surface area contributed by atoms with Gasteiger partial charge in [0.25, 0.3) is 0 Å². The van der Waals surface area contributed by atoms with Crippen molar-refractivity contribution in [3.05, 3.63) is 48.3 Å². The number of nitrogens with zero attached hydrogens (tertiary/aromatic N) is 6. The zero-order chi connectivity index (χ0) is 21.6. The van der Waals surface area contributed by atoms with Crippen LogP contribution >= 0.6 is 10.2 Å². The number of halogens is 5. The van der Waals surface area contributed by atoms with E-state index in [1.807, 2.05) is 11.0 Å². The van der Waals surface area contributed by atoms with Crippen LogP contribution < -0.4 is 4.90 Å². The molecule has 0 unspecified atom stereocenters. The zero-order valence-corrected chi connectivity index (χ0v) is 16.3. The van der Waals surface area contributed by atoms with Crippen LogP contribution in [0.3, 0.4) is 0 Å². The Hall–Kier alpha value is -2.96. The third kappa shape index (κ3) is 4.30. The van der Waals surface area contributed by atoms with Crippen molar-refractivity contribution < 1.29 is 24.2 Å². The molecule has 1 saturated heterocycles. The van der Waals surface area contributed by atoms with E-state index >= 15 is 0 Å². The van der Waals surface area contributed by atoms with Gasteiger partial charge in [0, 0.05) is 26.2 Å². The summed E-state index contributed by atoms with van der Waals surface area (Å²) in [6.07, 6.45) is 1.33. The number of aromatic nitrogens is 4. The van der Waals surface area contributed by atoms with Gasteiger partial charge in [-0.1, -0.05) is 31.6 Å². The summed E-state index contributed by atoms with van der Waals surface area (Å²) in [6, 6.07) is 6.08. The number of piperazine rings is 1. The van der Waals surface area contributed by atoms with Gasteiger partial charge in [-0.2, -0.15) is 4.52 Å². The highest BCUT2D eigenvalue weighted by Crippen LogP contribution is 3.02. The Balaban J connectivity index is 1.36. The van der Waals surface area contributed by atoms with Crippen LogP contribution in [0.25, 0.3) is 5.65 Å². The number of benzene rings is 1. The van der Waals surface area contributed by atoms with Gasteiger partial charge < -0.3 is 9.80 Å². The SMILES string of the molecule is O=C(Cc1ccc(S(F)(F)(F)(F)F)cc1)N1CCN(c2ccc3nncn3n2)CC1. The average molecular weight is 448 g/mol. The molecule has 1 aliphatic heterocycles. The topological polar surface area (TPSA) is 66.6 Å². The van der Waals surface area contributed by atoms with Crippen molar-refractivity contribution in [1.29, 1.82) is 0 Å². The van der Waals surface area contributed by atoms with Crippen molar-refractivity contribution in [3.63, 3.8) is 0 Å². The van der Waals surface area contributed by atoms with Crippen molar-refractivity contribution in [2.24, 2.45) is 0 Å². The number of rotatable bonds is 4. The Morgan fingerprint density at radius 1 is 0.933 bits per heavy atom. The van der Waals surface area contributed by atoms with Crippen molar-refractivity contribution in [2.45, 2.75) is 11.3 Å². The molecule has 3 heterocycles. The first-order valence-corrected chi connectivity index (χ1v) is 10.9. The first kappa shape index (κ1) is 20.3. The standard InChI is InChI=1S/C17H17F5N6OS/c18-30(19,20,21,22)14-3-1-13(2-4-14)11-17(29)27-9-7-26(8-10-27)16-6-5-15-24-23-12-28(15)25-16/h1-6,12H,7-11H2.